The van der Waals surface area contributed by atoms with Crippen LogP contribution in [0.25, 0.3) is 0 Å². The van der Waals surface area contributed by atoms with Crippen LogP contribution in [0.1, 0.15) is 36.6 Å². The highest BCUT2D eigenvalue weighted by molar-refractivity contribution is 5.70. The summed E-state index contributed by atoms with van der Waals surface area (Å²) in [5.41, 5.74) is 2.89. The van der Waals surface area contributed by atoms with Crippen molar-refractivity contribution in [1.29, 1.82) is 0 Å². The number of carboxylic acid groups (broad SMARTS) is 1. The van der Waals surface area contributed by atoms with Crippen LogP contribution in [0.3, 0.4) is 0 Å². The molecule has 0 bridgehead atoms. The van der Waals surface area contributed by atoms with Crippen molar-refractivity contribution in [2.45, 2.75) is 33.8 Å². The lowest BCUT2D eigenvalue weighted by Gasteiger charge is -2.24. The van der Waals surface area contributed by atoms with E-state index in [4.69, 9.17) is 5.11 Å². The Balaban J connectivity index is 2.99. The van der Waals surface area contributed by atoms with E-state index in [0.717, 1.165) is 16.7 Å². The van der Waals surface area contributed by atoms with Crippen molar-refractivity contribution in [1.82, 2.24) is 0 Å². The number of aliphatic carboxylic acids is 1. The predicted molar refractivity (Wildman–Crippen MR) is 66.8 cm³/mol. The Hall–Kier alpha value is -1.35. The SMILES string of the molecule is Cc1ccc(C)c(C(O)C(C)C(C)C(=O)O)c1. The zero-order chi connectivity index (χ0) is 13.2. The van der Waals surface area contributed by atoms with Gasteiger partial charge in [0.05, 0.1) is 12.0 Å². The van der Waals surface area contributed by atoms with Gasteiger partial charge in [-0.2, -0.15) is 0 Å². The highest BCUT2D eigenvalue weighted by Crippen LogP contribution is 2.30. The van der Waals surface area contributed by atoms with Crippen LogP contribution in [-0.4, -0.2) is 16.2 Å². The smallest absolute Gasteiger partial charge is 0.306 e. The van der Waals surface area contributed by atoms with Crippen molar-refractivity contribution in [3.8, 4) is 0 Å². The van der Waals surface area contributed by atoms with Gasteiger partial charge in [0.1, 0.15) is 0 Å². The second-order valence-corrected chi connectivity index (χ2v) is 4.79. The van der Waals surface area contributed by atoms with Gasteiger partial charge in [-0.1, -0.05) is 37.6 Å². The van der Waals surface area contributed by atoms with Crippen molar-refractivity contribution < 1.29 is 15.0 Å². The van der Waals surface area contributed by atoms with E-state index in [9.17, 15) is 9.90 Å². The zero-order valence-corrected chi connectivity index (χ0v) is 10.8. The van der Waals surface area contributed by atoms with Crippen LogP contribution in [-0.2, 0) is 4.79 Å². The van der Waals surface area contributed by atoms with Gasteiger partial charge in [-0.15, -0.1) is 0 Å². The first-order valence-corrected chi connectivity index (χ1v) is 5.82. The van der Waals surface area contributed by atoms with Crippen LogP contribution < -0.4 is 0 Å². The monoisotopic (exact) mass is 236 g/mol. The van der Waals surface area contributed by atoms with Gasteiger partial charge in [0.25, 0.3) is 0 Å². The first-order valence-electron chi connectivity index (χ1n) is 5.82. The van der Waals surface area contributed by atoms with E-state index in [1.807, 2.05) is 32.0 Å². The average molecular weight is 236 g/mol. The van der Waals surface area contributed by atoms with Gasteiger partial charge in [0.2, 0.25) is 0 Å². The van der Waals surface area contributed by atoms with Gasteiger partial charge in [-0.05, 0) is 30.9 Å². The maximum atomic E-state index is 10.9. The summed E-state index contributed by atoms with van der Waals surface area (Å²) in [5, 5.41) is 19.2. The summed E-state index contributed by atoms with van der Waals surface area (Å²) in [4.78, 5) is 10.9. The molecule has 17 heavy (non-hydrogen) atoms. The van der Waals surface area contributed by atoms with Gasteiger partial charge in [-0.25, -0.2) is 0 Å². The highest BCUT2D eigenvalue weighted by atomic mass is 16.4. The maximum Gasteiger partial charge on any atom is 0.306 e. The predicted octanol–water partition coefficient (Wildman–Crippen LogP) is 2.69. The summed E-state index contributed by atoms with van der Waals surface area (Å²) in [6.45, 7) is 7.28. The van der Waals surface area contributed by atoms with Crippen molar-refractivity contribution in [2.75, 3.05) is 0 Å². The quantitative estimate of drug-likeness (QED) is 0.845. The van der Waals surface area contributed by atoms with E-state index in [-0.39, 0.29) is 5.92 Å². The normalized spacial score (nSPS) is 16.3. The number of aryl methyl sites for hydroxylation is 2. The summed E-state index contributed by atoms with van der Waals surface area (Å²) in [5.74, 6) is -1.75. The molecule has 0 saturated heterocycles. The van der Waals surface area contributed by atoms with E-state index in [1.54, 1.807) is 13.8 Å². The fourth-order valence-corrected chi connectivity index (χ4v) is 1.86. The molecule has 0 aromatic heterocycles. The number of hydrogen-bond acceptors (Lipinski definition) is 2. The lowest BCUT2D eigenvalue weighted by molar-refractivity contribution is -0.144. The second kappa shape index (κ2) is 5.32. The molecule has 2 N–H and O–H groups in total. The Morgan fingerprint density at radius 2 is 1.82 bits per heavy atom. The lowest BCUT2D eigenvalue weighted by Crippen LogP contribution is -2.24. The second-order valence-electron chi connectivity index (χ2n) is 4.79. The van der Waals surface area contributed by atoms with E-state index < -0.39 is 18.0 Å². The minimum Gasteiger partial charge on any atom is -0.481 e. The zero-order valence-electron chi connectivity index (χ0n) is 10.8. The summed E-state index contributed by atoms with van der Waals surface area (Å²) in [6, 6.07) is 5.86. The van der Waals surface area contributed by atoms with E-state index in [2.05, 4.69) is 0 Å². The summed E-state index contributed by atoms with van der Waals surface area (Å²) >= 11 is 0. The summed E-state index contributed by atoms with van der Waals surface area (Å²) in [7, 11) is 0. The van der Waals surface area contributed by atoms with Crippen molar-refractivity contribution in [3.63, 3.8) is 0 Å². The fourth-order valence-electron chi connectivity index (χ4n) is 1.86. The molecule has 0 fully saturated rings. The largest absolute Gasteiger partial charge is 0.481 e. The van der Waals surface area contributed by atoms with E-state index >= 15 is 0 Å². The van der Waals surface area contributed by atoms with Gasteiger partial charge < -0.3 is 10.2 Å². The Labute approximate surface area is 102 Å². The molecule has 0 saturated carbocycles. The third-order valence-corrected chi connectivity index (χ3v) is 3.43. The number of rotatable bonds is 4. The van der Waals surface area contributed by atoms with Crippen molar-refractivity contribution in [2.24, 2.45) is 11.8 Å². The standard InChI is InChI=1S/C14H20O3/c1-8-5-6-9(2)12(7-8)13(15)10(3)11(4)14(16)17/h5-7,10-11,13,15H,1-4H3,(H,16,17). The van der Waals surface area contributed by atoms with E-state index in [1.165, 1.54) is 0 Å². The number of carboxylic acids is 1. The molecule has 1 aromatic carbocycles. The molecular weight excluding hydrogens is 216 g/mol. The number of hydrogen-bond donors (Lipinski definition) is 2. The number of benzene rings is 1. The lowest BCUT2D eigenvalue weighted by atomic mass is 9.85. The molecule has 3 unspecified atom stereocenters. The summed E-state index contributed by atoms with van der Waals surface area (Å²) < 4.78 is 0. The molecule has 0 aliphatic heterocycles. The maximum absolute atomic E-state index is 10.9. The minimum absolute atomic E-state index is 0.312. The number of aliphatic hydroxyl groups is 1. The fraction of sp³-hybridized carbons (Fsp3) is 0.500. The van der Waals surface area contributed by atoms with Crippen LogP contribution in [0, 0.1) is 25.7 Å². The molecule has 3 nitrogen and oxygen atoms in total. The van der Waals surface area contributed by atoms with Crippen molar-refractivity contribution >= 4 is 5.97 Å². The first-order chi connectivity index (χ1) is 7.84. The molecule has 1 aromatic rings. The minimum atomic E-state index is -0.873. The molecule has 3 heteroatoms. The highest BCUT2D eigenvalue weighted by Gasteiger charge is 2.27. The Bertz CT molecular complexity index is 412. The molecule has 94 valence electrons. The van der Waals surface area contributed by atoms with E-state index in [0.29, 0.717) is 0 Å². The third-order valence-electron chi connectivity index (χ3n) is 3.43. The van der Waals surface area contributed by atoms with Gasteiger partial charge in [0, 0.05) is 0 Å². The topological polar surface area (TPSA) is 57.5 Å². The Morgan fingerprint density at radius 1 is 1.24 bits per heavy atom. The van der Waals surface area contributed by atoms with Crippen molar-refractivity contribution in [3.05, 3.63) is 34.9 Å². The molecule has 0 spiro atoms. The van der Waals surface area contributed by atoms with Crippen LogP contribution in [0.4, 0.5) is 0 Å². The van der Waals surface area contributed by atoms with Gasteiger partial charge in [-0.3, -0.25) is 4.79 Å². The third kappa shape index (κ3) is 3.07. The molecule has 1 rings (SSSR count). The Kier molecular flexibility index (Phi) is 4.29. The molecule has 3 atom stereocenters. The Morgan fingerprint density at radius 3 is 2.35 bits per heavy atom. The van der Waals surface area contributed by atoms with Crippen LogP contribution in [0.15, 0.2) is 18.2 Å². The van der Waals surface area contributed by atoms with Gasteiger partial charge in [0.15, 0.2) is 0 Å². The number of carbonyl (C=O) groups is 1. The molecular formula is C14H20O3. The average Bonchev–Trinajstić information content (AvgIpc) is 2.29. The first kappa shape index (κ1) is 13.7. The van der Waals surface area contributed by atoms with Crippen LogP contribution in [0.2, 0.25) is 0 Å². The van der Waals surface area contributed by atoms with Crippen LogP contribution >= 0.6 is 0 Å². The molecule has 0 aliphatic rings. The van der Waals surface area contributed by atoms with Crippen LogP contribution in [0.5, 0.6) is 0 Å². The molecule has 0 aliphatic carbocycles. The van der Waals surface area contributed by atoms with Gasteiger partial charge >= 0.3 is 5.97 Å². The summed E-state index contributed by atoms with van der Waals surface area (Å²) in [6.07, 6.45) is -0.735. The number of aliphatic hydroxyl groups excluding tert-OH is 1. The molecule has 0 heterocycles. The molecule has 0 amide bonds. The molecule has 0 radical (unpaired) electrons.